The lowest BCUT2D eigenvalue weighted by Crippen LogP contribution is -2.38. The molecule has 6 heteroatoms. The highest BCUT2D eigenvalue weighted by Gasteiger charge is 2.27. The maximum absolute atomic E-state index is 11.8. The topological polar surface area (TPSA) is 58.2 Å². The quantitative estimate of drug-likeness (QED) is 0.882. The lowest BCUT2D eigenvalue weighted by atomic mass is 10.2. The summed E-state index contributed by atoms with van der Waals surface area (Å²) < 4.78 is 0.914. The second-order valence-electron chi connectivity index (χ2n) is 3.80. The highest BCUT2D eigenvalue weighted by molar-refractivity contribution is 9.10. The molecule has 1 aromatic carbocycles. The molecule has 1 unspecified atom stereocenters. The van der Waals surface area contributed by atoms with Crippen molar-refractivity contribution >= 4 is 44.5 Å². The van der Waals surface area contributed by atoms with Crippen molar-refractivity contribution in [2.45, 2.75) is 13.0 Å². The lowest BCUT2D eigenvalue weighted by Gasteiger charge is -2.11. The first-order valence-corrected chi connectivity index (χ1v) is 6.84. The first-order valence-electron chi connectivity index (χ1n) is 5.06. The molecule has 17 heavy (non-hydrogen) atoms. The molecule has 1 aromatic rings. The van der Waals surface area contributed by atoms with E-state index in [2.05, 4.69) is 26.6 Å². The van der Waals surface area contributed by atoms with Gasteiger partial charge in [-0.3, -0.25) is 9.59 Å². The standard InChI is InChI=1S/C11H11BrN2O2S/c1-6-2-7(12)4-8(3-6)13-10(15)9-5-17-11(16)14-9/h2-4,9H,5H2,1H3,(H,13,15)(H,14,16). The fourth-order valence-electron chi connectivity index (χ4n) is 1.56. The van der Waals surface area contributed by atoms with Gasteiger partial charge in [-0.05, 0) is 30.7 Å². The van der Waals surface area contributed by atoms with Crippen molar-refractivity contribution in [1.82, 2.24) is 5.32 Å². The monoisotopic (exact) mass is 314 g/mol. The van der Waals surface area contributed by atoms with Crippen LogP contribution in [0.3, 0.4) is 0 Å². The van der Waals surface area contributed by atoms with Gasteiger partial charge in [0, 0.05) is 15.9 Å². The van der Waals surface area contributed by atoms with Crippen LogP contribution in [0.1, 0.15) is 5.56 Å². The molecule has 4 nitrogen and oxygen atoms in total. The number of rotatable bonds is 2. The smallest absolute Gasteiger partial charge is 0.279 e. The van der Waals surface area contributed by atoms with E-state index >= 15 is 0 Å². The van der Waals surface area contributed by atoms with Crippen LogP contribution in [0.5, 0.6) is 0 Å². The van der Waals surface area contributed by atoms with Gasteiger partial charge in [-0.1, -0.05) is 27.7 Å². The van der Waals surface area contributed by atoms with Gasteiger partial charge in [0.2, 0.25) is 5.91 Å². The molecule has 0 saturated carbocycles. The summed E-state index contributed by atoms with van der Waals surface area (Å²) in [4.78, 5) is 22.8. The molecule has 0 bridgehead atoms. The summed E-state index contributed by atoms with van der Waals surface area (Å²) >= 11 is 4.50. The molecular weight excluding hydrogens is 304 g/mol. The van der Waals surface area contributed by atoms with Crippen molar-refractivity contribution < 1.29 is 9.59 Å². The summed E-state index contributed by atoms with van der Waals surface area (Å²) in [6.45, 7) is 1.95. The molecule has 1 aliphatic heterocycles. The third-order valence-corrected chi connectivity index (χ3v) is 3.64. The lowest BCUT2D eigenvalue weighted by molar-refractivity contribution is -0.117. The minimum absolute atomic E-state index is 0.143. The van der Waals surface area contributed by atoms with Gasteiger partial charge in [-0.2, -0.15) is 0 Å². The molecular formula is C11H11BrN2O2S. The maximum atomic E-state index is 11.8. The summed E-state index contributed by atoms with van der Waals surface area (Å²) in [7, 11) is 0. The molecule has 0 spiro atoms. The van der Waals surface area contributed by atoms with Crippen LogP contribution in [0, 0.1) is 6.92 Å². The Kier molecular flexibility index (Phi) is 3.73. The van der Waals surface area contributed by atoms with Crippen LogP contribution >= 0.6 is 27.7 Å². The first-order chi connectivity index (χ1) is 8.04. The van der Waals surface area contributed by atoms with Gasteiger partial charge < -0.3 is 10.6 Å². The molecule has 1 atom stereocenters. The van der Waals surface area contributed by atoms with Crippen LogP contribution in [0.2, 0.25) is 0 Å². The van der Waals surface area contributed by atoms with Crippen LogP contribution in [0.15, 0.2) is 22.7 Å². The van der Waals surface area contributed by atoms with E-state index in [4.69, 9.17) is 0 Å². The van der Waals surface area contributed by atoms with Crippen molar-refractivity contribution in [2.75, 3.05) is 11.1 Å². The van der Waals surface area contributed by atoms with Crippen LogP contribution in [0.4, 0.5) is 10.5 Å². The maximum Gasteiger partial charge on any atom is 0.279 e. The van der Waals surface area contributed by atoms with Crippen molar-refractivity contribution in [3.63, 3.8) is 0 Å². The van der Waals surface area contributed by atoms with Crippen molar-refractivity contribution in [3.05, 3.63) is 28.2 Å². The Morgan fingerprint density at radius 3 is 2.88 bits per heavy atom. The van der Waals surface area contributed by atoms with E-state index in [-0.39, 0.29) is 11.1 Å². The molecule has 1 aliphatic rings. The molecule has 2 rings (SSSR count). The number of aryl methyl sites for hydroxylation is 1. The number of benzene rings is 1. The minimum atomic E-state index is -0.438. The highest BCUT2D eigenvalue weighted by Crippen LogP contribution is 2.20. The number of hydrogen-bond donors (Lipinski definition) is 2. The molecule has 1 heterocycles. The molecule has 2 amide bonds. The third-order valence-electron chi connectivity index (χ3n) is 2.30. The molecule has 0 aliphatic carbocycles. The number of amides is 2. The van der Waals surface area contributed by atoms with E-state index in [0.29, 0.717) is 5.75 Å². The van der Waals surface area contributed by atoms with Crippen LogP contribution < -0.4 is 10.6 Å². The van der Waals surface area contributed by atoms with Crippen LogP contribution in [-0.4, -0.2) is 22.9 Å². The fraction of sp³-hybridized carbons (Fsp3) is 0.273. The van der Waals surface area contributed by atoms with Gasteiger partial charge in [-0.15, -0.1) is 0 Å². The molecule has 2 N–H and O–H groups in total. The predicted molar refractivity (Wildman–Crippen MR) is 72.3 cm³/mol. The molecule has 1 saturated heterocycles. The normalized spacial score (nSPS) is 18.9. The Balaban J connectivity index is 2.05. The number of carbonyl (C=O) groups excluding carboxylic acids is 2. The minimum Gasteiger partial charge on any atom is -0.334 e. The molecule has 0 radical (unpaired) electrons. The van der Waals surface area contributed by atoms with Gasteiger partial charge in [0.1, 0.15) is 6.04 Å². The summed E-state index contributed by atoms with van der Waals surface area (Å²) in [5, 5.41) is 5.25. The van der Waals surface area contributed by atoms with Gasteiger partial charge in [0.15, 0.2) is 0 Å². The Bertz CT molecular complexity index is 458. The first kappa shape index (κ1) is 12.4. The average Bonchev–Trinajstić information content (AvgIpc) is 2.63. The summed E-state index contributed by atoms with van der Waals surface area (Å²) in [6, 6.07) is 5.23. The van der Waals surface area contributed by atoms with Crippen molar-refractivity contribution in [3.8, 4) is 0 Å². The molecule has 1 fully saturated rings. The number of nitrogens with one attached hydrogen (secondary N) is 2. The summed E-state index contributed by atoms with van der Waals surface area (Å²) in [6.07, 6.45) is 0. The zero-order valence-corrected chi connectivity index (χ0v) is 11.5. The van der Waals surface area contributed by atoms with E-state index in [1.165, 1.54) is 0 Å². The molecule has 0 aromatic heterocycles. The zero-order chi connectivity index (χ0) is 12.4. The Hall–Kier alpha value is -1.01. The van der Waals surface area contributed by atoms with E-state index in [1.807, 2.05) is 25.1 Å². The number of carbonyl (C=O) groups is 2. The van der Waals surface area contributed by atoms with Crippen molar-refractivity contribution in [2.24, 2.45) is 0 Å². The number of anilines is 1. The third kappa shape index (κ3) is 3.23. The SMILES string of the molecule is Cc1cc(Br)cc(NC(=O)C2CSC(=O)N2)c1. The van der Waals surface area contributed by atoms with Crippen LogP contribution in [-0.2, 0) is 4.79 Å². The number of halogens is 1. The Morgan fingerprint density at radius 1 is 1.53 bits per heavy atom. The fourth-order valence-corrected chi connectivity index (χ4v) is 2.95. The number of thioether (sulfide) groups is 1. The Labute approximate surface area is 112 Å². The Morgan fingerprint density at radius 2 is 2.29 bits per heavy atom. The van der Waals surface area contributed by atoms with Crippen molar-refractivity contribution in [1.29, 1.82) is 0 Å². The van der Waals surface area contributed by atoms with E-state index < -0.39 is 6.04 Å². The predicted octanol–water partition coefficient (Wildman–Crippen LogP) is 2.52. The summed E-state index contributed by atoms with van der Waals surface area (Å²) in [5.74, 6) is 0.304. The average molecular weight is 315 g/mol. The van der Waals surface area contributed by atoms with Crippen LogP contribution in [0.25, 0.3) is 0 Å². The second kappa shape index (κ2) is 5.10. The van der Waals surface area contributed by atoms with Gasteiger partial charge in [0.25, 0.3) is 5.24 Å². The highest BCUT2D eigenvalue weighted by atomic mass is 79.9. The molecule has 90 valence electrons. The second-order valence-corrected chi connectivity index (χ2v) is 5.71. The van der Waals surface area contributed by atoms with Gasteiger partial charge >= 0.3 is 0 Å². The summed E-state index contributed by atoms with van der Waals surface area (Å²) in [5.41, 5.74) is 1.78. The van der Waals surface area contributed by atoms with Gasteiger partial charge in [-0.25, -0.2) is 0 Å². The van der Waals surface area contributed by atoms with E-state index in [0.717, 1.165) is 27.5 Å². The zero-order valence-electron chi connectivity index (χ0n) is 9.12. The van der Waals surface area contributed by atoms with E-state index in [1.54, 1.807) is 0 Å². The largest absolute Gasteiger partial charge is 0.334 e. The van der Waals surface area contributed by atoms with Gasteiger partial charge in [0.05, 0.1) is 0 Å². The van der Waals surface area contributed by atoms with E-state index in [9.17, 15) is 9.59 Å². The number of hydrogen-bond acceptors (Lipinski definition) is 3.